The fourth-order valence-electron chi connectivity index (χ4n) is 4.30. The van der Waals surface area contributed by atoms with Crippen molar-refractivity contribution < 1.29 is 23.0 Å². The Balaban J connectivity index is 1.21. The number of rotatable bonds is 5. The lowest BCUT2D eigenvalue weighted by Crippen LogP contribution is -2.49. The van der Waals surface area contributed by atoms with Gasteiger partial charge in [0.1, 0.15) is 11.6 Å². The second-order valence-electron chi connectivity index (χ2n) is 8.05. The van der Waals surface area contributed by atoms with Crippen molar-refractivity contribution >= 4 is 28.5 Å². The van der Waals surface area contributed by atoms with Crippen LogP contribution in [0, 0.1) is 11.6 Å². The number of halogens is 2. The Bertz CT molecular complexity index is 1190. The Morgan fingerprint density at radius 1 is 1.09 bits per heavy atom. The van der Waals surface area contributed by atoms with Crippen molar-refractivity contribution in [2.75, 3.05) is 56.2 Å². The molecule has 5 rings (SSSR count). The zero-order chi connectivity index (χ0) is 22.9. The topological polar surface area (TPSA) is 71.0 Å². The molecule has 1 amide bonds. The van der Waals surface area contributed by atoms with E-state index in [-0.39, 0.29) is 6.10 Å². The number of aromatic nitrogens is 2. The van der Waals surface area contributed by atoms with Gasteiger partial charge in [0.05, 0.1) is 30.5 Å². The number of cyclic esters (lactones) is 1. The zero-order valence-corrected chi connectivity index (χ0v) is 18.1. The number of amides is 1. The van der Waals surface area contributed by atoms with Crippen molar-refractivity contribution in [1.82, 2.24) is 14.9 Å². The minimum absolute atomic E-state index is 0.290. The molecule has 10 heteroatoms. The maximum atomic E-state index is 13.6. The molecule has 2 aliphatic heterocycles. The number of anilines is 2. The number of fused-ring (bicyclic) bond motifs is 1. The Hall–Kier alpha value is -3.53. The molecule has 2 aliphatic rings. The molecule has 0 radical (unpaired) electrons. The van der Waals surface area contributed by atoms with E-state index >= 15 is 0 Å². The summed E-state index contributed by atoms with van der Waals surface area (Å²) < 4.78 is 37.5. The molecule has 0 bridgehead atoms. The van der Waals surface area contributed by atoms with Gasteiger partial charge in [0.2, 0.25) is 5.88 Å². The summed E-state index contributed by atoms with van der Waals surface area (Å²) in [4.78, 5) is 27.1. The van der Waals surface area contributed by atoms with Crippen LogP contribution in [-0.2, 0) is 4.74 Å². The Labute approximate surface area is 189 Å². The van der Waals surface area contributed by atoms with Gasteiger partial charge in [-0.2, -0.15) is 0 Å². The van der Waals surface area contributed by atoms with E-state index in [1.165, 1.54) is 11.0 Å². The predicted octanol–water partition coefficient (Wildman–Crippen LogP) is 3.06. The highest BCUT2D eigenvalue weighted by Crippen LogP contribution is 2.27. The van der Waals surface area contributed by atoms with Crippen molar-refractivity contribution in [3.63, 3.8) is 0 Å². The lowest BCUT2D eigenvalue weighted by Gasteiger charge is -2.36. The van der Waals surface area contributed by atoms with E-state index in [9.17, 15) is 13.6 Å². The molecule has 1 atom stereocenters. The van der Waals surface area contributed by atoms with E-state index < -0.39 is 17.7 Å². The van der Waals surface area contributed by atoms with Crippen LogP contribution in [0.3, 0.4) is 0 Å². The molecule has 2 saturated heterocycles. The lowest BCUT2D eigenvalue weighted by atomic mass is 10.2. The summed E-state index contributed by atoms with van der Waals surface area (Å²) in [5.41, 5.74) is 2.91. The molecule has 2 aromatic heterocycles. The Morgan fingerprint density at radius 2 is 1.91 bits per heavy atom. The number of nitrogens with zero attached hydrogens (tertiary/aromatic N) is 5. The smallest absolute Gasteiger partial charge is 0.414 e. The third-order valence-corrected chi connectivity index (χ3v) is 6.01. The molecule has 1 aromatic carbocycles. The van der Waals surface area contributed by atoms with E-state index in [2.05, 4.69) is 19.8 Å². The number of hydrogen-bond acceptors (Lipinski definition) is 7. The predicted molar refractivity (Wildman–Crippen MR) is 119 cm³/mol. The number of methoxy groups -OCH3 is 1. The van der Waals surface area contributed by atoms with Crippen LogP contribution in [0.15, 0.2) is 42.6 Å². The van der Waals surface area contributed by atoms with Crippen LogP contribution in [0.25, 0.3) is 11.0 Å². The van der Waals surface area contributed by atoms with Crippen molar-refractivity contribution in [2.24, 2.45) is 0 Å². The minimum atomic E-state index is -0.990. The van der Waals surface area contributed by atoms with E-state index in [1.807, 2.05) is 12.1 Å². The number of carbonyl (C=O) groups is 1. The summed E-state index contributed by atoms with van der Waals surface area (Å²) in [6.07, 6.45) is 0.890. The molecule has 2 fully saturated rings. The third-order valence-electron chi connectivity index (χ3n) is 6.01. The van der Waals surface area contributed by atoms with Gasteiger partial charge in [0, 0.05) is 51.1 Å². The molecule has 33 heavy (non-hydrogen) atoms. The molecule has 3 aromatic rings. The average molecular weight is 455 g/mol. The first kappa shape index (κ1) is 21.3. The number of pyridine rings is 2. The summed E-state index contributed by atoms with van der Waals surface area (Å²) in [6, 6.07) is 9.06. The highest BCUT2D eigenvalue weighted by molar-refractivity contribution is 5.90. The molecule has 0 unspecified atom stereocenters. The van der Waals surface area contributed by atoms with Crippen molar-refractivity contribution in [3.8, 4) is 5.88 Å². The summed E-state index contributed by atoms with van der Waals surface area (Å²) in [6.45, 7) is 4.00. The van der Waals surface area contributed by atoms with Crippen LogP contribution in [-0.4, -0.2) is 73.4 Å². The number of ether oxygens (including phenoxy) is 2. The third kappa shape index (κ3) is 4.25. The van der Waals surface area contributed by atoms with Gasteiger partial charge in [0.25, 0.3) is 0 Å². The standard InChI is InChI=1S/C23H23F2N5O3/c1-32-21-5-4-19-22(27-21)20(6-7-26-19)29-10-8-28(9-11-29)13-16-14-30(23(31)33-16)15-2-3-17(24)18(25)12-15/h2-7,12,16H,8-11,13-14H2,1H3/t16-/m1/s1. The normalized spacial score (nSPS) is 19.2. The molecular weight excluding hydrogens is 432 g/mol. The van der Waals surface area contributed by atoms with E-state index in [1.54, 1.807) is 19.4 Å². The quantitative estimate of drug-likeness (QED) is 0.586. The largest absolute Gasteiger partial charge is 0.481 e. The first-order chi connectivity index (χ1) is 16.0. The number of piperazine rings is 1. The van der Waals surface area contributed by atoms with Gasteiger partial charge >= 0.3 is 6.09 Å². The van der Waals surface area contributed by atoms with E-state index in [4.69, 9.17) is 9.47 Å². The van der Waals surface area contributed by atoms with E-state index in [0.717, 1.165) is 55.0 Å². The first-order valence-electron chi connectivity index (χ1n) is 10.7. The molecule has 0 spiro atoms. The molecule has 4 heterocycles. The average Bonchev–Trinajstić information content (AvgIpc) is 3.20. The van der Waals surface area contributed by atoms with Gasteiger partial charge in [-0.05, 0) is 24.3 Å². The minimum Gasteiger partial charge on any atom is -0.481 e. The number of benzene rings is 1. The molecule has 0 N–H and O–H groups in total. The van der Waals surface area contributed by atoms with Crippen LogP contribution in [0.1, 0.15) is 0 Å². The zero-order valence-electron chi connectivity index (χ0n) is 18.1. The van der Waals surface area contributed by atoms with Crippen LogP contribution in [0.5, 0.6) is 5.88 Å². The van der Waals surface area contributed by atoms with Gasteiger partial charge < -0.3 is 14.4 Å². The monoisotopic (exact) mass is 455 g/mol. The molecule has 0 saturated carbocycles. The van der Waals surface area contributed by atoms with Crippen molar-refractivity contribution in [2.45, 2.75) is 6.10 Å². The maximum Gasteiger partial charge on any atom is 0.414 e. The van der Waals surface area contributed by atoms with Gasteiger partial charge in [-0.15, -0.1) is 0 Å². The van der Waals surface area contributed by atoms with Crippen molar-refractivity contribution in [1.29, 1.82) is 0 Å². The first-order valence-corrected chi connectivity index (χ1v) is 10.7. The van der Waals surface area contributed by atoms with Gasteiger partial charge in [-0.25, -0.2) is 18.6 Å². The van der Waals surface area contributed by atoms with Crippen molar-refractivity contribution in [3.05, 3.63) is 54.2 Å². The second kappa shape index (κ2) is 8.78. The van der Waals surface area contributed by atoms with Gasteiger partial charge in [-0.1, -0.05) is 0 Å². The van der Waals surface area contributed by atoms with Gasteiger partial charge in [-0.3, -0.25) is 14.8 Å². The molecule has 172 valence electrons. The lowest BCUT2D eigenvalue weighted by molar-refractivity contribution is 0.106. The van der Waals surface area contributed by atoms with Crippen LogP contribution < -0.4 is 14.5 Å². The fourth-order valence-corrected chi connectivity index (χ4v) is 4.30. The Morgan fingerprint density at radius 3 is 2.67 bits per heavy atom. The highest BCUT2D eigenvalue weighted by Gasteiger charge is 2.34. The summed E-state index contributed by atoms with van der Waals surface area (Å²) >= 11 is 0. The Kier molecular flexibility index (Phi) is 5.67. The van der Waals surface area contributed by atoms with Gasteiger partial charge in [0.15, 0.2) is 11.6 Å². The molecule has 8 nitrogen and oxygen atoms in total. The number of hydrogen-bond donors (Lipinski definition) is 0. The SMILES string of the molecule is COc1ccc2nccc(N3CCN(C[C@@H]4CN(c5ccc(F)c(F)c5)C(=O)O4)CC3)c2n1. The summed E-state index contributed by atoms with van der Waals surface area (Å²) in [5.74, 6) is -1.39. The molecule has 0 aliphatic carbocycles. The van der Waals surface area contributed by atoms with Crippen LogP contribution in [0.2, 0.25) is 0 Å². The second-order valence-corrected chi connectivity index (χ2v) is 8.05. The summed E-state index contributed by atoms with van der Waals surface area (Å²) in [5, 5.41) is 0. The molecular formula is C23H23F2N5O3. The fraction of sp³-hybridized carbons (Fsp3) is 0.348. The van der Waals surface area contributed by atoms with Crippen LogP contribution in [0.4, 0.5) is 25.0 Å². The highest BCUT2D eigenvalue weighted by atomic mass is 19.2. The maximum absolute atomic E-state index is 13.6. The van der Waals surface area contributed by atoms with Crippen LogP contribution >= 0.6 is 0 Å². The van der Waals surface area contributed by atoms with E-state index in [0.29, 0.717) is 24.7 Å². The summed E-state index contributed by atoms with van der Waals surface area (Å²) in [7, 11) is 1.59. The number of carbonyl (C=O) groups excluding carboxylic acids is 1.